The van der Waals surface area contributed by atoms with Gasteiger partial charge in [-0.25, -0.2) is 4.39 Å². The first-order valence-electron chi connectivity index (χ1n) is 8.55. The molecule has 7 heteroatoms. The summed E-state index contributed by atoms with van der Waals surface area (Å²) in [6, 6.07) is 8.04. The Morgan fingerprint density at radius 1 is 1.42 bits per heavy atom. The fraction of sp³-hybridized carbons (Fsp3) is 0.368. The number of amides is 1. The number of benzene rings is 1. The molecule has 2 aromatic rings. The number of rotatable bonds is 5. The highest BCUT2D eigenvalue weighted by Crippen LogP contribution is 2.36. The maximum absolute atomic E-state index is 13.2. The number of hydrogen-bond donors (Lipinski definition) is 2. The molecule has 3 rings (SSSR count). The predicted molar refractivity (Wildman–Crippen MR) is 97.1 cm³/mol. The summed E-state index contributed by atoms with van der Waals surface area (Å²) in [5.41, 5.74) is 2.38. The molecule has 1 atom stereocenters. The highest BCUT2D eigenvalue weighted by molar-refractivity contribution is 5.94. The predicted octanol–water partition coefficient (Wildman–Crippen LogP) is 2.35. The average molecular weight is 359 g/mol. The number of hydrogen-bond acceptors (Lipinski definition) is 5. The Bertz CT molecular complexity index is 795. The smallest absolute Gasteiger partial charge is 0.240 e. The van der Waals surface area contributed by atoms with Gasteiger partial charge in [0.2, 0.25) is 11.8 Å². The maximum Gasteiger partial charge on any atom is 0.240 e. The topological polar surface area (TPSA) is 74.7 Å². The van der Waals surface area contributed by atoms with Crippen LogP contribution in [0.3, 0.4) is 0 Å². The molecule has 0 aliphatic carbocycles. The van der Waals surface area contributed by atoms with Gasteiger partial charge in [0.15, 0.2) is 0 Å². The second kappa shape index (κ2) is 7.70. The number of aliphatic hydroxyl groups excluding tert-OH is 1. The van der Waals surface area contributed by atoms with E-state index < -0.39 is 0 Å². The molecule has 0 bridgehead atoms. The van der Waals surface area contributed by atoms with Crippen LogP contribution < -0.4 is 15.0 Å². The van der Waals surface area contributed by atoms with Crippen molar-refractivity contribution < 1.29 is 19.0 Å². The van der Waals surface area contributed by atoms with Crippen LogP contribution in [-0.2, 0) is 11.2 Å². The van der Waals surface area contributed by atoms with Crippen molar-refractivity contribution >= 4 is 17.4 Å². The van der Waals surface area contributed by atoms with Gasteiger partial charge in [0.25, 0.3) is 0 Å². The van der Waals surface area contributed by atoms with Crippen molar-refractivity contribution in [3.05, 3.63) is 47.3 Å². The minimum atomic E-state index is -0.291. The fourth-order valence-electron chi connectivity index (χ4n) is 3.08. The highest BCUT2D eigenvalue weighted by atomic mass is 19.1. The van der Waals surface area contributed by atoms with Crippen molar-refractivity contribution in [1.29, 1.82) is 0 Å². The molecule has 138 valence electrons. The van der Waals surface area contributed by atoms with Crippen LogP contribution in [0.25, 0.3) is 0 Å². The van der Waals surface area contributed by atoms with E-state index in [0.29, 0.717) is 37.0 Å². The van der Waals surface area contributed by atoms with Crippen LogP contribution in [0.2, 0.25) is 0 Å². The minimum Gasteiger partial charge on any atom is -0.474 e. The number of halogens is 1. The zero-order chi connectivity index (χ0) is 18.7. The van der Waals surface area contributed by atoms with Gasteiger partial charge in [-0.3, -0.25) is 4.79 Å². The number of nitrogens with zero attached hydrogens (tertiary/aromatic N) is 2. The van der Waals surface area contributed by atoms with Crippen LogP contribution in [0.4, 0.5) is 15.9 Å². The number of anilines is 2. The zero-order valence-corrected chi connectivity index (χ0v) is 14.8. The number of carbonyl (C=O) groups is 1. The van der Waals surface area contributed by atoms with Crippen LogP contribution in [-0.4, -0.2) is 41.8 Å². The van der Waals surface area contributed by atoms with Crippen LogP contribution in [0, 0.1) is 5.82 Å². The Kier molecular flexibility index (Phi) is 5.37. The van der Waals surface area contributed by atoms with Crippen LogP contribution in [0.15, 0.2) is 30.3 Å². The van der Waals surface area contributed by atoms with E-state index in [9.17, 15) is 9.18 Å². The van der Waals surface area contributed by atoms with E-state index in [4.69, 9.17) is 9.84 Å². The molecule has 0 unspecified atom stereocenters. The lowest BCUT2D eigenvalue weighted by atomic mass is 10.0. The second-order valence-electron chi connectivity index (χ2n) is 6.32. The number of fused-ring (bicyclic) bond motifs is 1. The van der Waals surface area contributed by atoms with E-state index in [0.717, 1.165) is 11.1 Å². The molecular weight excluding hydrogens is 337 g/mol. The molecule has 2 heterocycles. The first-order chi connectivity index (χ1) is 12.5. The Morgan fingerprint density at radius 2 is 2.15 bits per heavy atom. The largest absolute Gasteiger partial charge is 0.474 e. The molecule has 0 spiro atoms. The monoisotopic (exact) mass is 359 g/mol. The van der Waals surface area contributed by atoms with E-state index in [2.05, 4.69) is 10.3 Å². The average Bonchev–Trinajstić information content (AvgIpc) is 2.61. The van der Waals surface area contributed by atoms with Gasteiger partial charge in [0.1, 0.15) is 23.9 Å². The van der Waals surface area contributed by atoms with Crippen molar-refractivity contribution in [3.8, 4) is 5.88 Å². The molecule has 6 nitrogen and oxygen atoms in total. The standard InChI is InChI=1S/C19H22FN3O3/c1-12-11-26-19-17(23(12)13(2)25)10-15(18(22-19)21-7-8-24)9-14-3-5-16(20)6-4-14/h3-6,10,12,24H,7-9,11H2,1-2H3,(H,21,22)/t12-/m0/s1. The van der Waals surface area contributed by atoms with Crippen LogP contribution >= 0.6 is 0 Å². The van der Waals surface area contributed by atoms with Gasteiger partial charge in [0.05, 0.1) is 12.6 Å². The van der Waals surface area contributed by atoms with Gasteiger partial charge in [-0.15, -0.1) is 0 Å². The van der Waals surface area contributed by atoms with Gasteiger partial charge in [-0.05, 0) is 30.7 Å². The summed E-state index contributed by atoms with van der Waals surface area (Å²) in [6.07, 6.45) is 0.508. The van der Waals surface area contributed by atoms with E-state index in [-0.39, 0.29) is 24.4 Å². The summed E-state index contributed by atoms with van der Waals surface area (Å²) in [5, 5.41) is 12.2. The van der Waals surface area contributed by atoms with Crippen molar-refractivity contribution in [1.82, 2.24) is 4.98 Å². The Morgan fingerprint density at radius 3 is 2.81 bits per heavy atom. The van der Waals surface area contributed by atoms with E-state index in [1.807, 2.05) is 13.0 Å². The third-order valence-corrected chi connectivity index (χ3v) is 4.26. The summed E-state index contributed by atoms with van der Waals surface area (Å²) >= 11 is 0. The Balaban J connectivity index is 2.02. The van der Waals surface area contributed by atoms with Gasteiger partial charge in [-0.1, -0.05) is 12.1 Å². The summed E-state index contributed by atoms with van der Waals surface area (Å²) in [6.45, 7) is 4.11. The summed E-state index contributed by atoms with van der Waals surface area (Å²) < 4.78 is 18.9. The third-order valence-electron chi connectivity index (χ3n) is 4.26. The highest BCUT2D eigenvalue weighted by Gasteiger charge is 2.29. The molecule has 1 amide bonds. The number of aromatic nitrogens is 1. The third kappa shape index (κ3) is 3.77. The Labute approximate surface area is 151 Å². The molecule has 0 saturated carbocycles. The molecule has 1 aliphatic heterocycles. The number of carbonyl (C=O) groups excluding carboxylic acids is 1. The van der Waals surface area contributed by atoms with Crippen molar-refractivity contribution in [3.63, 3.8) is 0 Å². The minimum absolute atomic E-state index is 0.0355. The molecular formula is C19H22FN3O3. The van der Waals surface area contributed by atoms with Crippen molar-refractivity contribution in [2.45, 2.75) is 26.3 Å². The fourth-order valence-corrected chi connectivity index (χ4v) is 3.08. The molecule has 0 saturated heterocycles. The maximum atomic E-state index is 13.2. The second-order valence-corrected chi connectivity index (χ2v) is 6.32. The summed E-state index contributed by atoms with van der Waals surface area (Å²) in [7, 11) is 0. The lowest BCUT2D eigenvalue weighted by molar-refractivity contribution is -0.117. The van der Waals surface area contributed by atoms with E-state index in [1.165, 1.54) is 19.1 Å². The number of ether oxygens (including phenoxy) is 1. The molecule has 2 N–H and O–H groups in total. The lowest BCUT2D eigenvalue weighted by Crippen LogP contribution is -2.44. The molecule has 0 radical (unpaired) electrons. The van der Waals surface area contributed by atoms with Crippen LogP contribution in [0.1, 0.15) is 25.0 Å². The van der Waals surface area contributed by atoms with Gasteiger partial charge in [-0.2, -0.15) is 4.98 Å². The molecule has 1 aromatic carbocycles. The molecule has 0 fully saturated rings. The zero-order valence-electron chi connectivity index (χ0n) is 14.8. The summed E-state index contributed by atoms with van der Waals surface area (Å²) in [5.74, 6) is 0.607. The first kappa shape index (κ1) is 18.1. The quantitative estimate of drug-likeness (QED) is 0.857. The van der Waals surface area contributed by atoms with Crippen LogP contribution in [0.5, 0.6) is 5.88 Å². The number of nitrogens with one attached hydrogen (secondary N) is 1. The molecule has 1 aromatic heterocycles. The number of pyridine rings is 1. The van der Waals surface area contributed by atoms with Gasteiger partial charge in [0, 0.05) is 25.5 Å². The van der Waals surface area contributed by atoms with Crippen molar-refractivity contribution in [2.24, 2.45) is 0 Å². The summed E-state index contributed by atoms with van der Waals surface area (Å²) in [4.78, 5) is 18.3. The van der Waals surface area contributed by atoms with Gasteiger partial charge < -0.3 is 20.1 Å². The van der Waals surface area contributed by atoms with Crippen molar-refractivity contribution in [2.75, 3.05) is 30.0 Å². The van der Waals surface area contributed by atoms with Gasteiger partial charge >= 0.3 is 0 Å². The lowest BCUT2D eigenvalue weighted by Gasteiger charge is -2.34. The number of aliphatic hydroxyl groups is 1. The van der Waals surface area contributed by atoms with E-state index in [1.54, 1.807) is 17.0 Å². The normalized spacial score (nSPS) is 16.0. The SMILES string of the molecule is CC(=O)N1c2cc(Cc3ccc(F)cc3)c(NCCO)nc2OC[C@@H]1C. The molecule has 1 aliphatic rings. The van der Waals surface area contributed by atoms with E-state index >= 15 is 0 Å². The first-order valence-corrected chi connectivity index (χ1v) is 8.55. The Hall–Kier alpha value is -2.67. The molecule has 26 heavy (non-hydrogen) atoms.